The molecule has 0 radical (unpaired) electrons. The molecule has 1 rings (SSSR count). The summed E-state index contributed by atoms with van der Waals surface area (Å²) in [4.78, 5) is 0. The van der Waals surface area contributed by atoms with E-state index in [2.05, 4.69) is 0 Å². The van der Waals surface area contributed by atoms with E-state index in [9.17, 15) is 4.39 Å². The first-order valence-corrected chi connectivity index (χ1v) is 3.87. The van der Waals surface area contributed by atoms with Gasteiger partial charge in [0, 0.05) is 0 Å². The van der Waals surface area contributed by atoms with Crippen LogP contribution in [0.1, 0.15) is 25.0 Å². The second-order valence-electron chi connectivity index (χ2n) is 1.95. The molecule has 0 fully saturated rings. The molecule has 0 atom stereocenters. The van der Waals surface area contributed by atoms with E-state index in [0.29, 0.717) is 0 Å². The van der Waals surface area contributed by atoms with Gasteiger partial charge in [-0.05, 0) is 18.2 Å². The lowest BCUT2D eigenvalue weighted by atomic mass is 10.1. The number of nitriles is 2. The van der Waals surface area contributed by atoms with Gasteiger partial charge in [-0.25, -0.2) is 4.39 Å². The van der Waals surface area contributed by atoms with Crippen LogP contribution in [0.25, 0.3) is 0 Å². The molecular formula is C10H9FN2. The van der Waals surface area contributed by atoms with Crippen molar-refractivity contribution in [3.8, 4) is 12.1 Å². The first kappa shape index (κ1) is 11.1. The second kappa shape index (κ2) is 5.74. The molecular weight excluding hydrogens is 167 g/mol. The molecule has 0 aliphatic heterocycles. The molecule has 0 aliphatic rings. The van der Waals surface area contributed by atoms with Crippen LogP contribution in [-0.2, 0) is 0 Å². The van der Waals surface area contributed by atoms with Crippen LogP contribution in [0.3, 0.4) is 0 Å². The lowest BCUT2D eigenvalue weighted by Gasteiger charge is -1.90. The van der Waals surface area contributed by atoms with Crippen LogP contribution in [0.2, 0.25) is 0 Å². The van der Waals surface area contributed by atoms with E-state index in [1.807, 2.05) is 13.8 Å². The van der Waals surface area contributed by atoms with Crippen LogP contribution in [0.5, 0.6) is 0 Å². The summed E-state index contributed by atoms with van der Waals surface area (Å²) in [6.45, 7) is 4.00. The molecule has 0 heterocycles. The number of hydrogen-bond acceptors (Lipinski definition) is 2. The average molecular weight is 176 g/mol. The van der Waals surface area contributed by atoms with Gasteiger partial charge < -0.3 is 0 Å². The Hall–Kier alpha value is -1.87. The van der Waals surface area contributed by atoms with Gasteiger partial charge in [0.15, 0.2) is 0 Å². The average Bonchev–Trinajstić information content (AvgIpc) is 2.20. The molecule has 66 valence electrons. The normalized spacial score (nSPS) is 7.46. The predicted molar refractivity (Wildman–Crippen MR) is 47.2 cm³/mol. The summed E-state index contributed by atoms with van der Waals surface area (Å²) >= 11 is 0. The van der Waals surface area contributed by atoms with Crippen molar-refractivity contribution >= 4 is 0 Å². The van der Waals surface area contributed by atoms with Gasteiger partial charge in [0.05, 0.1) is 23.3 Å². The third-order valence-corrected chi connectivity index (χ3v) is 1.16. The molecule has 13 heavy (non-hydrogen) atoms. The molecule has 0 amide bonds. The van der Waals surface area contributed by atoms with Gasteiger partial charge in [0.25, 0.3) is 0 Å². The van der Waals surface area contributed by atoms with Gasteiger partial charge in [-0.3, -0.25) is 0 Å². The molecule has 1 aromatic rings. The second-order valence-corrected chi connectivity index (χ2v) is 1.95. The summed E-state index contributed by atoms with van der Waals surface area (Å²) in [6, 6.07) is 7.01. The zero-order valence-corrected chi connectivity index (χ0v) is 7.50. The zero-order valence-electron chi connectivity index (χ0n) is 7.50. The van der Waals surface area contributed by atoms with Crippen LogP contribution >= 0.6 is 0 Å². The van der Waals surface area contributed by atoms with Gasteiger partial charge in [-0.15, -0.1) is 0 Å². The van der Waals surface area contributed by atoms with E-state index in [-0.39, 0.29) is 11.1 Å². The predicted octanol–water partition coefficient (Wildman–Crippen LogP) is 2.60. The maximum atomic E-state index is 12.5. The number of nitrogens with zero attached hydrogens (tertiary/aromatic N) is 2. The van der Waals surface area contributed by atoms with E-state index in [1.54, 1.807) is 12.1 Å². The number of halogens is 1. The van der Waals surface area contributed by atoms with Crippen molar-refractivity contribution in [1.82, 2.24) is 0 Å². The van der Waals surface area contributed by atoms with E-state index >= 15 is 0 Å². The maximum Gasteiger partial charge on any atom is 0.125 e. The Morgan fingerprint density at radius 2 is 1.38 bits per heavy atom. The third-order valence-electron chi connectivity index (χ3n) is 1.16. The highest BCUT2D eigenvalue weighted by Crippen LogP contribution is 2.06. The number of hydrogen-bond donors (Lipinski definition) is 0. The van der Waals surface area contributed by atoms with E-state index in [0.717, 1.165) is 12.1 Å². The Morgan fingerprint density at radius 3 is 1.69 bits per heavy atom. The molecule has 0 bridgehead atoms. The highest BCUT2D eigenvalue weighted by atomic mass is 19.1. The molecule has 0 saturated carbocycles. The van der Waals surface area contributed by atoms with Crippen LogP contribution in [-0.4, -0.2) is 0 Å². The van der Waals surface area contributed by atoms with Gasteiger partial charge in [-0.1, -0.05) is 13.8 Å². The molecule has 3 heteroatoms. The van der Waals surface area contributed by atoms with Crippen molar-refractivity contribution in [1.29, 1.82) is 10.5 Å². The van der Waals surface area contributed by atoms with Gasteiger partial charge in [0.2, 0.25) is 0 Å². The van der Waals surface area contributed by atoms with Crippen molar-refractivity contribution in [3.63, 3.8) is 0 Å². The minimum atomic E-state index is -0.555. The fraction of sp³-hybridized carbons (Fsp3) is 0.200. The monoisotopic (exact) mass is 176 g/mol. The number of benzene rings is 1. The SMILES string of the molecule is CC.N#Cc1cc(F)cc(C#N)c1. The molecule has 0 saturated heterocycles. The van der Waals surface area contributed by atoms with Gasteiger partial charge >= 0.3 is 0 Å². The minimum absolute atomic E-state index is 0.168. The smallest absolute Gasteiger partial charge is 0.125 e. The van der Waals surface area contributed by atoms with Crippen molar-refractivity contribution in [2.24, 2.45) is 0 Å². The van der Waals surface area contributed by atoms with E-state index < -0.39 is 5.82 Å². The van der Waals surface area contributed by atoms with Crippen molar-refractivity contribution in [2.45, 2.75) is 13.8 Å². The largest absolute Gasteiger partial charge is 0.207 e. The Labute approximate surface area is 76.8 Å². The maximum absolute atomic E-state index is 12.5. The van der Waals surface area contributed by atoms with Crippen molar-refractivity contribution in [3.05, 3.63) is 35.1 Å². The topological polar surface area (TPSA) is 47.6 Å². The molecule has 0 aliphatic carbocycles. The van der Waals surface area contributed by atoms with Crippen LogP contribution in [0.4, 0.5) is 4.39 Å². The molecule has 0 N–H and O–H groups in total. The molecule has 0 spiro atoms. The van der Waals surface area contributed by atoms with Crippen molar-refractivity contribution < 1.29 is 4.39 Å². The molecule has 1 aromatic carbocycles. The standard InChI is InChI=1S/C8H3FN2.C2H6/c9-8-2-6(4-10)1-7(3-8)5-11;1-2/h1-3H;1-2H3. The highest BCUT2D eigenvalue weighted by molar-refractivity contribution is 5.39. The summed E-state index contributed by atoms with van der Waals surface area (Å²) in [5.74, 6) is -0.555. The quantitative estimate of drug-likeness (QED) is 0.610. The minimum Gasteiger partial charge on any atom is -0.207 e. The van der Waals surface area contributed by atoms with Crippen LogP contribution < -0.4 is 0 Å². The van der Waals surface area contributed by atoms with Crippen LogP contribution in [0, 0.1) is 28.5 Å². The van der Waals surface area contributed by atoms with Gasteiger partial charge in [0.1, 0.15) is 5.82 Å². The lowest BCUT2D eigenvalue weighted by molar-refractivity contribution is 0.627. The zero-order chi connectivity index (χ0) is 10.3. The summed E-state index contributed by atoms with van der Waals surface area (Å²) in [5.41, 5.74) is 0.336. The fourth-order valence-electron chi connectivity index (χ4n) is 0.719. The third kappa shape index (κ3) is 3.35. The first-order chi connectivity index (χ1) is 6.26. The highest BCUT2D eigenvalue weighted by Gasteiger charge is 1.97. The lowest BCUT2D eigenvalue weighted by Crippen LogP contribution is -1.82. The Balaban J connectivity index is 0.000000671. The summed E-state index contributed by atoms with van der Waals surface area (Å²) in [5, 5.41) is 16.7. The Kier molecular flexibility index (Phi) is 4.91. The first-order valence-electron chi connectivity index (χ1n) is 3.87. The Bertz CT molecular complexity index is 326. The molecule has 2 nitrogen and oxygen atoms in total. The molecule has 0 aromatic heterocycles. The Morgan fingerprint density at radius 1 is 1.00 bits per heavy atom. The van der Waals surface area contributed by atoms with E-state index in [1.165, 1.54) is 6.07 Å². The summed E-state index contributed by atoms with van der Waals surface area (Å²) in [6.07, 6.45) is 0. The van der Waals surface area contributed by atoms with Crippen LogP contribution in [0.15, 0.2) is 18.2 Å². The number of rotatable bonds is 0. The molecule has 0 unspecified atom stereocenters. The summed E-state index contributed by atoms with van der Waals surface area (Å²) in [7, 11) is 0. The fourth-order valence-corrected chi connectivity index (χ4v) is 0.719. The summed E-state index contributed by atoms with van der Waals surface area (Å²) < 4.78 is 12.5. The van der Waals surface area contributed by atoms with Crippen molar-refractivity contribution in [2.75, 3.05) is 0 Å². The van der Waals surface area contributed by atoms with E-state index in [4.69, 9.17) is 10.5 Å². The van der Waals surface area contributed by atoms with Gasteiger partial charge in [-0.2, -0.15) is 10.5 Å².